The first-order valence-corrected chi connectivity index (χ1v) is 10.1. The van der Waals surface area contributed by atoms with Crippen LogP contribution in [0.2, 0.25) is 0 Å². The van der Waals surface area contributed by atoms with Crippen molar-refractivity contribution in [3.63, 3.8) is 0 Å². The van der Waals surface area contributed by atoms with E-state index in [1.165, 1.54) is 31.6 Å². The summed E-state index contributed by atoms with van der Waals surface area (Å²) in [7, 11) is -2.37. The van der Waals surface area contributed by atoms with Crippen LogP contribution in [0.4, 0.5) is 5.69 Å². The van der Waals surface area contributed by atoms with Crippen LogP contribution in [-0.2, 0) is 10.0 Å². The Labute approximate surface area is 165 Å². The highest BCUT2D eigenvalue weighted by Gasteiger charge is 2.20. The van der Waals surface area contributed by atoms with Gasteiger partial charge < -0.3 is 4.74 Å². The second-order valence-corrected chi connectivity index (χ2v) is 8.13. The predicted octanol–water partition coefficient (Wildman–Crippen LogP) is 3.88. The number of anilines is 1. The number of ether oxygens (including phenoxy) is 1. The van der Waals surface area contributed by atoms with Crippen molar-refractivity contribution in [2.24, 2.45) is 0 Å². The van der Waals surface area contributed by atoms with E-state index in [0.29, 0.717) is 15.8 Å². The fourth-order valence-electron chi connectivity index (χ4n) is 2.41. The summed E-state index contributed by atoms with van der Waals surface area (Å²) in [5, 5.41) is 0. The number of nitrogens with zero attached hydrogens (tertiary/aromatic N) is 1. The molecule has 0 amide bonds. The Kier molecular flexibility index (Phi) is 5.57. The molecule has 6 nitrogen and oxygen atoms in total. The first-order chi connectivity index (χ1) is 12.9. The third-order valence-electron chi connectivity index (χ3n) is 3.78. The molecule has 27 heavy (non-hydrogen) atoms. The van der Waals surface area contributed by atoms with E-state index in [2.05, 4.69) is 25.6 Å². The second-order valence-electron chi connectivity index (χ2n) is 5.54. The molecule has 0 bridgehead atoms. The van der Waals surface area contributed by atoms with E-state index < -0.39 is 10.0 Å². The van der Waals surface area contributed by atoms with Crippen molar-refractivity contribution in [1.29, 1.82) is 0 Å². The fourth-order valence-corrected chi connectivity index (χ4v) is 3.85. The van der Waals surface area contributed by atoms with Gasteiger partial charge in [-0.05, 0) is 54.6 Å². The van der Waals surface area contributed by atoms with E-state index in [-0.39, 0.29) is 21.9 Å². The minimum atomic E-state index is -3.87. The average Bonchev–Trinajstić information content (AvgIpc) is 2.69. The van der Waals surface area contributed by atoms with E-state index in [9.17, 15) is 13.2 Å². The number of aromatic nitrogens is 1. The molecule has 1 heterocycles. The predicted molar refractivity (Wildman–Crippen MR) is 106 cm³/mol. The lowest BCUT2D eigenvalue weighted by Crippen LogP contribution is -2.16. The van der Waals surface area contributed by atoms with Crippen LogP contribution in [0.1, 0.15) is 15.9 Å². The van der Waals surface area contributed by atoms with Crippen LogP contribution in [-0.4, -0.2) is 26.3 Å². The molecule has 0 aliphatic carbocycles. The van der Waals surface area contributed by atoms with E-state index in [1.807, 2.05) is 0 Å². The van der Waals surface area contributed by atoms with Crippen LogP contribution >= 0.6 is 15.9 Å². The Balaban J connectivity index is 1.98. The first-order valence-electron chi connectivity index (χ1n) is 7.82. The maximum atomic E-state index is 12.8. The van der Waals surface area contributed by atoms with Crippen LogP contribution in [0.15, 0.2) is 76.4 Å². The van der Waals surface area contributed by atoms with E-state index in [1.54, 1.807) is 42.5 Å². The summed E-state index contributed by atoms with van der Waals surface area (Å²) in [4.78, 5) is 16.8. The summed E-state index contributed by atoms with van der Waals surface area (Å²) in [6, 6.07) is 13.9. The highest BCUT2D eigenvalue weighted by atomic mass is 79.9. The molecule has 8 heteroatoms. The van der Waals surface area contributed by atoms with Gasteiger partial charge in [-0.3, -0.25) is 14.5 Å². The van der Waals surface area contributed by atoms with Gasteiger partial charge >= 0.3 is 0 Å². The Morgan fingerprint density at radius 2 is 1.70 bits per heavy atom. The molecule has 0 saturated heterocycles. The van der Waals surface area contributed by atoms with Crippen molar-refractivity contribution < 1.29 is 17.9 Å². The van der Waals surface area contributed by atoms with Crippen LogP contribution in [0.5, 0.6) is 5.75 Å². The van der Waals surface area contributed by atoms with Gasteiger partial charge in [-0.2, -0.15) is 0 Å². The zero-order valence-corrected chi connectivity index (χ0v) is 16.6. The van der Waals surface area contributed by atoms with Crippen molar-refractivity contribution in [1.82, 2.24) is 4.98 Å². The molecule has 0 saturated carbocycles. The molecule has 1 aromatic heterocycles. The van der Waals surface area contributed by atoms with Crippen molar-refractivity contribution in [3.8, 4) is 5.75 Å². The third kappa shape index (κ3) is 4.35. The number of hydrogen-bond acceptors (Lipinski definition) is 5. The Morgan fingerprint density at radius 1 is 1.04 bits per heavy atom. The number of benzene rings is 2. The molecule has 2 aromatic carbocycles. The zero-order valence-electron chi connectivity index (χ0n) is 14.2. The van der Waals surface area contributed by atoms with Gasteiger partial charge in [0.25, 0.3) is 10.0 Å². The summed E-state index contributed by atoms with van der Waals surface area (Å²) in [6.45, 7) is 0. The molecule has 0 aliphatic heterocycles. The molecule has 3 aromatic rings. The van der Waals surface area contributed by atoms with Gasteiger partial charge in [0, 0.05) is 28.0 Å². The van der Waals surface area contributed by atoms with Gasteiger partial charge in [0.05, 0.1) is 17.7 Å². The Morgan fingerprint density at radius 3 is 2.33 bits per heavy atom. The molecule has 0 aliphatic rings. The summed E-state index contributed by atoms with van der Waals surface area (Å²) >= 11 is 3.32. The monoisotopic (exact) mass is 446 g/mol. The fraction of sp³-hybridized carbons (Fsp3) is 0.0526. The molecular formula is C19H15BrN2O4S. The second kappa shape index (κ2) is 7.89. The molecule has 0 unspecified atom stereocenters. The zero-order chi connectivity index (χ0) is 19.4. The molecule has 0 spiro atoms. The highest BCUT2D eigenvalue weighted by Crippen LogP contribution is 2.26. The lowest BCUT2D eigenvalue weighted by atomic mass is 10.0. The lowest BCUT2D eigenvalue weighted by molar-refractivity contribution is 0.103. The minimum absolute atomic E-state index is 0.0635. The van der Waals surface area contributed by atoms with Gasteiger partial charge in [0.2, 0.25) is 0 Å². The van der Waals surface area contributed by atoms with Crippen molar-refractivity contribution in [2.75, 3.05) is 11.8 Å². The first kappa shape index (κ1) is 19.1. The average molecular weight is 447 g/mol. The highest BCUT2D eigenvalue weighted by molar-refractivity contribution is 9.10. The van der Waals surface area contributed by atoms with Gasteiger partial charge in [0.15, 0.2) is 5.78 Å². The number of hydrogen-bond donors (Lipinski definition) is 1. The van der Waals surface area contributed by atoms with Gasteiger partial charge in [-0.15, -0.1) is 0 Å². The smallest absolute Gasteiger partial charge is 0.261 e. The number of methoxy groups -OCH3 is 1. The molecular weight excluding hydrogens is 432 g/mol. The van der Waals surface area contributed by atoms with E-state index >= 15 is 0 Å². The lowest BCUT2D eigenvalue weighted by Gasteiger charge is -2.13. The van der Waals surface area contributed by atoms with Gasteiger partial charge in [-0.25, -0.2) is 8.42 Å². The maximum absolute atomic E-state index is 12.8. The number of carbonyl (C=O) groups is 1. The van der Waals surface area contributed by atoms with Gasteiger partial charge in [0.1, 0.15) is 5.75 Å². The number of pyridine rings is 1. The molecule has 138 valence electrons. The largest absolute Gasteiger partial charge is 0.497 e. The number of ketones is 1. The number of halogens is 1. The normalized spacial score (nSPS) is 11.0. The summed E-state index contributed by atoms with van der Waals surface area (Å²) in [6.07, 6.45) is 3.01. The molecule has 0 fully saturated rings. The maximum Gasteiger partial charge on any atom is 0.261 e. The van der Waals surface area contributed by atoms with Crippen LogP contribution in [0.3, 0.4) is 0 Å². The standard InChI is InChI=1S/C19H15BrN2O4S/c1-26-15-3-5-16(6-4-15)27(24,25)22-18-7-2-14(20)12-17(18)19(23)13-8-10-21-11-9-13/h2-12,22H,1H3. The Hall–Kier alpha value is -2.71. The molecule has 0 radical (unpaired) electrons. The van der Waals surface area contributed by atoms with Crippen LogP contribution in [0.25, 0.3) is 0 Å². The number of rotatable bonds is 6. The minimum Gasteiger partial charge on any atom is -0.497 e. The van der Waals surface area contributed by atoms with Crippen molar-refractivity contribution in [2.45, 2.75) is 4.90 Å². The topological polar surface area (TPSA) is 85.4 Å². The van der Waals surface area contributed by atoms with Crippen molar-refractivity contribution in [3.05, 3.63) is 82.6 Å². The van der Waals surface area contributed by atoms with Crippen LogP contribution < -0.4 is 9.46 Å². The summed E-state index contributed by atoms with van der Waals surface area (Å²) in [5.41, 5.74) is 0.830. The molecule has 3 rings (SSSR count). The summed E-state index contributed by atoms with van der Waals surface area (Å²) in [5.74, 6) is 0.234. The van der Waals surface area contributed by atoms with Crippen molar-refractivity contribution >= 4 is 37.4 Å². The molecule has 0 atom stereocenters. The summed E-state index contributed by atoms with van der Waals surface area (Å²) < 4.78 is 33.6. The quantitative estimate of drug-likeness (QED) is 0.580. The Bertz CT molecular complexity index is 1070. The molecule has 1 N–H and O–H groups in total. The third-order valence-corrected chi connectivity index (χ3v) is 5.66. The van der Waals surface area contributed by atoms with Gasteiger partial charge in [-0.1, -0.05) is 15.9 Å². The number of sulfonamides is 1. The number of nitrogens with one attached hydrogen (secondary N) is 1. The SMILES string of the molecule is COc1ccc(S(=O)(=O)Nc2ccc(Br)cc2C(=O)c2ccncc2)cc1. The van der Waals surface area contributed by atoms with E-state index in [4.69, 9.17) is 4.74 Å². The number of carbonyl (C=O) groups excluding carboxylic acids is 1. The van der Waals surface area contributed by atoms with Crippen LogP contribution in [0, 0.1) is 0 Å². The van der Waals surface area contributed by atoms with E-state index in [0.717, 1.165) is 0 Å².